The van der Waals surface area contributed by atoms with Gasteiger partial charge in [0, 0.05) is 19.3 Å². The van der Waals surface area contributed by atoms with Crippen LogP contribution in [0.4, 0.5) is 0 Å². The molecule has 6 heteroatoms. The van der Waals surface area contributed by atoms with Crippen LogP contribution in [0.15, 0.2) is 85.1 Å². The van der Waals surface area contributed by atoms with E-state index < -0.39 is 6.10 Å². The van der Waals surface area contributed by atoms with Crippen molar-refractivity contribution in [3.63, 3.8) is 0 Å². The van der Waals surface area contributed by atoms with E-state index in [-0.39, 0.29) is 31.1 Å². The van der Waals surface area contributed by atoms with Crippen molar-refractivity contribution in [2.75, 3.05) is 13.2 Å². The molecule has 0 bridgehead atoms. The van der Waals surface area contributed by atoms with Gasteiger partial charge in [-0.3, -0.25) is 14.4 Å². The second-order valence-corrected chi connectivity index (χ2v) is 20.6. The minimum atomic E-state index is -0.799. The average molecular weight is 1020 g/mol. The largest absolute Gasteiger partial charge is 0.462 e. The third-order valence-corrected chi connectivity index (χ3v) is 13.3. The maximum absolute atomic E-state index is 12.9. The van der Waals surface area contributed by atoms with Crippen LogP contribution in [0.2, 0.25) is 0 Å². The Bertz CT molecular complexity index is 1400. The van der Waals surface area contributed by atoms with Gasteiger partial charge in [-0.25, -0.2) is 0 Å². The highest BCUT2D eigenvalue weighted by molar-refractivity contribution is 5.71. The van der Waals surface area contributed by atoms with E-state index >= 15 is 0 Å². The summed E-state index contributed by atoms with van der Waals surface area (Å²) in [7, 11) is 0. The molecular formula is C67H116O6. The van der Waals surface area contributed by atoms with Crippen molar-refractivity contribution in [1.82, 2.24) is 0 Å². The number of hydrogen-bond donors (Lipinski definition) is 0. The monoisotopic (exact) mass is 1020 g/mol. The molecule has 0 aliphatic heterocycles. The molecule has 420 valence electrons. The Morgan fingerprint density at radius 1 is 0.274 bits per heavy atom. The highest BCUT2D eigenvalue weighted by Crippen LogP contribution is 2.15. The smallest absolute Gasteiger partial charge is 0.306 e. The van der Waals surface area contributed by atoms with Gasteiger partial charge in [-0.05, 0) is 122 Å². The van der Waals surface area contributed by atoms with Gasteiger partial charge in [0.25, 0.3) is 0 Å². The van der Waals surface area contributed by atoms with Crippen LogP contribution >= 0.6 is 0 Å². The highest BCUT2D eigenvalue weighted by Gasteiger charge is 2.19. The summed E-state index contributed by atoms with van der Waals surface area (Å²) >= 11 is 0. The number of rotatable bonds is 56. The molecule has 0 saturated carbocycles. The van der Waals surface area contributed by atoms with Gasteiger partial charge in [0.05, 0.1) is 0 Å². The second-order valence-electron chi connectivity index (χ2n) is 20.6. The minimum absolute atomic E-state index is 0.0927. The third kappa shape index (κ3) is 59.3. The first-order chi connectivity index (χ1) is 36.0. The lowest BCUT2D eigenvalue weighted by Crippen LogP contribution is -2.30. The third-order valence-electron chi connectivity index (χ3n) is 13.3. The summed E-state index contributed by atoms with van der Waals surface area (Å²) in [4.78, 5) is 38.3. The first-order valence-electron chi connectivity index (χ1n) is 31.1. The zero-order valence-corrected chi connectivity index (χ0v) is 48.1. The summed E-state index contributed by atoms with van der Waals surface area (Å²) in [5.41, 5.74) is 0. The number of unbranched alkanes of at least 4 members (excludes halogenated alkanes) is 31. The van der Waals surface area contributed by atoms with E-state index in [1.54, 1.807) is 0 Å². The van der Waals surface area contributed by atoms with Crippen molar-refractivity contribution in [3.05, 3.63) is 85.1 Å². The van der Waals surface area contributed by atoms with Crippen LogP contribution in [0, 0.1) is 0 Å². The summed E-state index contributed by atoms with van der Waals surface area (Å²) in [6, 6.07) is 0. The van der Waals surface area contributed by atoms with E-state index in [2.05, 4.69) is 106 Å². The van der Waals surface area contributed by atoms with Gasteiger partial charge in [0.2, 0.25) is 0 Å². The molecule has 0 radical (unpaired) electrons. The molecule has 0 N–H and O–H groups in total. The summed E-state index contributed by atoms with van der Waals surface area (Å²) < 4.78 is 16.9. The number of allylic oxidation sites excluding steroid dienone is 14. The molecule has 0 rings (SSSR count). The average Bonchev–Trinajstić information content (AvgIpc) is 3.39. The SMILES string of the molecule is CCCCC/C=C\C/C=C\C/C=C\CCCCCCC(=O)OC[C@H](COC(=O)CCCCCCCCCCCCC/C=C\CCCCCCCC)OC(=O)CCCCCC/C=C\C/C=C\C/C=C\CCCCC. The van der Waals surface area contributed by atoms with Crippen molar-refractivity contribution in [3.8, 4) is 0 Å². The summed E-state index contributed by atoms with van der Waals surface area (Å²) in [6.07, 6.45) is 80.0. The fourth-order valence-corrected chi connectivity index (χ4v) is 8.63. The predicted molar refractivity (Wildman–Crippen MR) is 316 cm³/mol. The van der Waals surface area contributed by atoms with Crippen molar-refractivity contribution >= 4 is 17.9 Å². The van der Waals surface area contributed by atoms with E-state index in [1.807, 2.05) is 0 Å². The first-order valence-corrected chi connectivity index (χ1v) is 31.1. The lowest BCUT2D eigenvalue weighted by atomic mass is 10.0. The molecule has 73 heavy (non-hydrogen) atoms. The molecule has 1 atom stereocenters. The molecule has 0 amide bonds. The van der Waals surface area contributed by atoms with Crippen LogP contribution in [0.5, 0.6) is 0 Å². The molecule has 0 unspecified atom stereocenters. The van der Waals surface area contributed by atoms with Crippen LogP contribution in [-0.2, 0) is 28.6 Å². The maximum Gasteiger partial charge on any atom is 0.306 e. The number of esters is 3. The Kier molecular flexibility index (Phi) is 58.3. The summed E-state index contributed by atoms with van der Waals surface area (Å²) in [5, 5.41) is 0. The highest BCUT2D eigenvalue weighted by atomic mass is 16.6. The van der Waals surface area contributed by atoms with Gasteiger partial charge in [0.1, 0.15) is 13.2 Å². The quantitative estimate of drug-likeness (QED) is 0.0261. The topological polar surface area (TPSA) is 78.9 Å². The van der Waals surface area contributed by atoms with Crippen LogP contribution in [-0.4, -0.2) is 37.2 Å². The Balaban J connectivity index is 4.43. The van der Waals surface area contributed by atoms with Crippen LogP contribution in [0.1, 0.15) is 303 Å². The van der Waals surface area contributed by atoms with E-state index in [9.17, 15) is 14.4 Å². The lowest BCUT2D eigenvalue weighted by molar-refractivity contribution is -0.167. The fourth-order valence-electron chi connectivity index (χ4n) is 8.63. The Morgan fingerprint density at radius 3 is 0.808 bits per heavy atom. The molecule has 0 fully saturated rings. The van der Waals surface area contributed by atoms with E-state index in [0.717, 1.165) is 109 Å². The maximum atomic E-state index is 12.9. The van der Waals surface area contributed by atoms with Gasteiger partial charge in [-0.2, -0.15) is 0 Å². The molecule has 0 aliphatic carbocycles. The predicted octanol–water partition coefficient (Wildman–Crippen LogP) is 21.1. The lowest BCUT2D eigenvalue weighted by Gasteiger charge is -2.18. The Morgan fingerprint density at radius 2 is 0.493 bits per heavy atom. The van der Waals surface area contributed by atoms with Gasteiger partial charge in [-0.15, -0.1) is 0 Å². The summed E-state index contributed by atoms with van der Waals surface area (Å²) in [6.45, 7) is 6.57. The number of ether oxygens (including phenoxy) is 3. The molecular weight excluding hydrogens is 901 g/mol. The van der Waals surface area contributed by atoms with Crippen molar-refractivity contribution in [2.45, 2.75) is 309 Å². The summed E-state index contributed by atoms with van der Waals surface area (Å²) in [5.74, 6) is -0.928. The Hall–Kier alpha value is -3.41. The zero-order chi connectivity index (χ0) is 52.9. The van der Waals surface area contributed by atoms with E-state index in [4.69, 9.17) is 14.2 Å². The van der Waals surface area contributed by atoms with Crippen molar-refractivity contribution in [2.24, 2.45) is 0 Å². The van der Waals surface area contributed by atoms with Crippen molar-refractivity contribution in [1.29, 1.82) is 0 Å². The van der Waals surface area contributed by atoms with Gasteiger partial charge in [0.15, 0.2) is 6.10 Å². The molecule has 0 aromatic carbocycles. The molecule has 0 aromatic rings. The normalized spacial score (nSPS) is 12.6. The standard InChI is InChI=1S/C67H116O6/c1-4-7-10-13-16-19-22-25-28-31-32-33-34-37-39-42-45-48-51-54-57-60-66(69)72-63-64(73-67(70)61-58-55-52-49-46-43-40-36-30-27-24-21-18-15-12-9-6-3)62-71-65(68)59-56-53-50-47-44-41-38-35-29-26-23-20-17-14-11-8-5-2/h17-18,20-21,25-30,38,40-41,43,64H,4-16,19,22-24,31-37,39,42,44-63H2,1-3H3/b20-17-,21-18-,28-25-,29-26-,30-27-,41-38-,43-40-/t64-/m1/s1. The number of carbonyl (C=O) groups excluding carboxylic acids is 3. The van der Waals surface area contributed by atoms with E-state index in [1.165, 1.54) is 154 Å². The molecule has 0 spiro atoms. The van der Waals surface area contributed by atoms with Gasteiger partial charge < -0.3 is 14.2 Å². The first kappa shape index (κ1) is 69.6. The van der Waals surface area contributed by atoms with Gasteiger partial charge >= 0.3 is 17.9 Å². The van der Waals surface area contributed by atoms with Gasteiger partial charge in [-0.1, -0.05) is 247 Å². The van der Waals surface area contributed by atoms with Crippen LogP contribution in [0.25, 0.3) is 0 Å². The number of hydrogen-bond acceptors (Lipinski definition) is 6. The second kappa shape index (κ2) is 61.1. The molecule has 0 heterocycles. The Labute approximate surface area is 452 Å². The molecule has 0 aliphatic rings. The zero-order valence-electron chi connectivity index (χ0n) is 48.1. The van der Waals surface area contributed by atoms with Crippen molar-refractivity contribution < 1.29 is 28.6 Å². The molecule has 0 aromatic heterocycles. The van der Waals surface area contributed by atoms with E-state index in [0.29, 0.717) is 19.3 Å². The van der Waals surface area contributed by atoms with Crippen LogP contribution in [0.3, 0.4) is 0 Å². The molecule has 0 saturated heterocycles. The van der Waals surface area contributed by atoms with Crippen LogP contribution < -0.4 is 0 Å². The number of carbonyl (C=O) groups is 3. The fraction of sp³-hybridized carbons (Fsp3) is 0.746. The molecule has 6 nitrogen and oxygen atoms in total. The minimum Gasteiger partial charge on any atom is -0.462 e.